The molecule has 0 radical (unpaired) electrons. The van der Waals surface area contributed by atoms with Gasteiger partial charge in [0, 0.05) is 17.6 Å². The Labute approximate surface area is 113 Å². The Hall–Kier alpha value is -1.26. The first kappa shape index (κ1) is 12.2. The molecular weight excluding hydrogens is 304 g/mol. The van der Waals surface area contributed by atoms with Gasteiger partial charge in [0.25, 0.3) is 0 Å². The molecule has 1 aromatic heterocycles. The third-order valence-corrected chi connectivity index (χ3v) is 2.93. The molecule has 0 amide bonds. The second kappa shape index (κ2) is 5.38. The SMILES string of the molecule is CNc1cncc(Oc2cc(Br)ccc2Cl)c1. The standard InChI is InChI=1S/C12H10BrClN2O/c1-15-9-5-10(7-16-6-9)17-12-4-8(13)2-3-11(12)14/h2-7,15H,1H3. The van der Waals surface area contributed by atoms with Gasteiger partial charge in [0.05, 0.1) is 23.1 Å². The van der Waals surface area contributed by atoms with Crippen molar-refractivity contribution in [3.8, 4) is 11.5 Å². The lowest BCUT2D eigenvalue weighted by atomic mass is 10.3. The van der Waals surface area contributed by atoms with E-state index in [1.54, 1.807) is 18.5 Å². The lowest BCUT2D eigenvalue weighted by Gasteiger charge is -2.08. The number of hydrogen-bond acceptors (Lipinski definition) is 3. The van der Waals surface area contributed by atoms with Gasteiger partial charge in [-0.3, -0.25) is 4.98 Å². The number of nitrogens with one attached hydrogen (secondary N) is 1. The third kappa shape index (κ3) is 3.11. The fraction of sp³-hybridized carbons (Fsp3) is 0.0833. The van der Waals surface area contributed by atoms with Crippen LogP contribution in [0.3, 0.4) is 0 Å². The summed E-state index contributed by atoms with van der Waals surface area (Å²) in [5.74, 6) is 1.23. The number of halogens is 2. The lowest BCUT2D eigenvalue weighted by Crippen LogP contribution is -1.91. The summed E-state index contributed by atoms with van der Waals surface area (Å²) < 4.78 is 6.58. The molecule has 0 spiro atoms. The van der Waals surface area contributed by atoms with Crippen molar-refractivity contribution in [2.75, 3.05) is 12.4 Å². The Morgan fingerprint density at radius 3 is 2.88 bits per heavy atom. The van der Waals surface area contributed by atoms with Crippen molar-refractivity contribution < 1.29 is 4.74 Å². The Morgan fingerprint density at radius 2 is 2.12 bits per heavy atom. The van der Waals surface area contributed by atoms with Crippen LogP contribution in [0.1, 0.15) is 0 Å². The summed E-state index contributed by atoms with van der Waals surface area (Å²) in [5.41, 5.74) is 0.883. The normalized spacial score (nSPS) is 10.1. The average molecular weight is 314 g/mol. The molecule has 2 rings (SSSR count). The van der Waals surface area contributed by atoms with E-state index in [-0.39, 0.29) is 0 Å². The summed E-state index contributed by atoms with van der Waals surface area (Å²) in [6.45, 7) is 0. The van der Waals surface area contributed by atoms with Gasteiger partial charge in [-0.05, 0) is 18.2 Å². The van der Waals surface area contributed by atoms with Crippen LogP contribution in [-0.4, -0.2) is 12.0 Å². The van der Waals surface area contributed by atoms with Gasteiger partial charge in [-0.1, -0.05) is 27.5 Å². The highest BCUT2D eigenvalue weighted by Gasteiger charge is 2.04. The van der Waals surface area contributed by atoms with E-state index >= 15 is 0 Å². The smallest absolute Gasteiger partial charge is 0.147 e. The number of anilines is 1. The van der Waals surface area contributed by atoms with Crippen molar-refractivity contribution >= 4 is 33.2 Å². The molecule has 2 aromatic rings. The summed E-state index contributed by atoms with van der Waals surface area (Å²) in [5, 5.41) is 3.55. The molecule has 1 aromatic carbocycles. The van der Waals surface area contributed by atoms with Gasteiger partial charge in [0.1, 0.15) is 11.5 Å². The maximum absolute atomic E-state index is 6.04. The van der Waals surface area contributed by atoms with Crippen LogP contribution in [0.4, 0.5) is 5.69 Å². The molecule has 0 saturated heterocycles. The van der Waals surface area contributed by atoms with E-state index in [4.69, 9.17) is 16.3 Å². The van der Waals surface area contributed by atoms with Crippen LogP contribution < -0.4 is 10.1 Å². The number of rotatable bonds is 3. The molecule has 0 unspecified atom stereocenters. The molecule has 0 fully saturated rings. The minimum Gasteiger partial charge on any atom is -0.454 e. The largest absolute Gasteiger partial charge is 0.454 e. The van der Waals surface area contributed by atoms with Crippen LogP contribution in [0.25, 0.3) is 0 Å². The maximum atomic E-state index is 6.04. The molecule has 0 aliphatic heterocycles. The first-order chi connectivity index (χ1) is 8.19. The van der Waals surface area contributed by atoms with Crippen molar-refractivity contribution in [1.82, 2.24) is 4.98 Å². The summed E-state index contributed by atoms with van der Waals surface area (Å²) in [4.78, 5) is 4.06. The first-order valence-electron chi connectivity index (χ1n) is 4.95. The van der Waals surface area contributed by atoms with Crippen molar-refractivity contribution in [1.29, 1.82) is 0 Å². The Kier molecular flexibility index (Phi) is 3.86. The zero-order chi connectivity index (χ0) is 12.3. The summed E-state index contributed by atoms with van der Waals surface area (Å²) in [7, 11) is 1.83. The Balaban J connectivity index is 2.27. The minimum atomic E-state index is 0.558. The molecule has 3 nitrogen and oxygen atoms in total. The quantitative estimate of drug-likeness (QED) is 0.915. The van der Waals surface area contributed by atoms with Crippen LogP contribution >= 0.6 is 27.5 Å². The second-order valence-electron chi connectivity index (χ2n) is 3.34. The van der Waals surface area contributed by atoms with Crippen LogP contribution in [0.5, 0.6) is 11.5 Å². The number of nitrogens with zero attached hydrogens (tertiary/aromatic N) is 1. The van der Waals surface area contributed by atoms with Crippen molar-refractivity contribution in [3.05, 3.63) is 46.2 Å². The highest BCUT2D eigenvalue weighted by atomic mass is 79.9. The Morgan fingerprint density at radius 1 is 1.29 bits per heavy atom. The Bertz CT molecular complexity index is 534. The summed E-state index contributed by atoms with van der Waals surface area (Å²) in [6, 6.07) is 7.30. The zero-order valence-electron chi connectivity index (χ0n) is 9.08. The molecule has 1 heterocycles. The molecule has 5 heteroatoms. The molecule has 0 atom stereocenters. The number of aromatic nitrogens is 1. The highest BCUT2D eigenvalue weighted by Crippen LogP contribution is 2.32. The fourth-order valence-corrected chi connectivity index (χ4v) is 1.79. The maximum Gasteiger partial charge on any atom is 0.147 e. The fourth-order valence-electron chi connectivity index (χ4n) is 1.29. The van der Waals surface area contributed by atoms with Gasteiger partial charge in [-0.25, -0.2) is 0 Å². The van der Waals surface area contributed by atoms with Crippen LogP contribution in [-0.2, 0) is 0 Å². The topological polar surface area (TPSA) is 34.2 Å². The molecule has 0 saturated carbocycles. The second-order valence-corrected chi connectivity index (χ2v) is 4.66. The highest BCUT2D eigenvalue weighted by molar-refractivity contribution is 9.10. The number of pyridine rings is 1. The monoisotopic (exact) mass is 312 g/mol. The number of ether oxygens (including phenoxy) is 1. The van der Waals surface area contributed by atoms with Crippen molar-refractivity contribution in [2.45, 2.75) is 0 Å². The molecule has 0 aliphatic carbocycles. The van der Waals surface area contributed by atoms with Crippen molar-refractivity contribution in [2.24, 2.45) is 0 Å². The van der Waals surface area contributed by atoms with Gasteiger partial charge in [-0.15, -0.1) is 0 Å². The third-order valence-electron chi connectivity index (χ3n) is 2.12. The molecule has 1 N–H and O–H groups in total. The molecule has 88 valence electrons. The van der Waals surface area contributed by atoms with E-state index in [0.29, 0.717) is 16.5 Å². The zero-order valence-corrected chi connectivity index (χ0v) is 11.4. The van der Waals surface area contributed by atoms with Crippen LogP contribution in [0.2, 0.25) is 5.02 Å². The number of benzene rings is 1. The van der Waals surface area contributed by atoms with Crippen molar-refractivity contribution in [3.63, 3.8) is 0 Å². The molecule has 0 aliphatic rings. The van der Waals surface area contributed by atoms with Gasteiger partial charge in [-0.2, -0.15) is 0 Å². The van der Waals surface area contributed by atoms with E-state index in [0.717, 1.165) is 10.2 Å². The number of hydrogen-bond donors (Lipinski definition) is 1. The first-order valence-corrected chi connectivity index (χ1v) is 6.12. The van der Waals surface area contributed by atoms with Gasteiger partial charge < -0.3 is 10.1 Å². The van der Waals surface area contributed by atoms with Gasteiger partial charge >= 0.3 is 0 Å². The molecular formula is C12H10BrClN2O. The van der Waals surface area contributed by atoms with E-state index < -0.39 is 0 Å². The van der Waals surface area contributed by atoms with E-state index in [1.807, 2.05) is 25.2 Å². The van der Waals surface area contributed by atoms with Gasteiger partial charge in [0.2, 0.25) is 0 Å². The minimum absolute atomic E-state index is 0.558. The average Bonchev–Trinajstić information content (AvgIpc) is 2.34. The molecule has 0 bridgehead atoms. The lowest BCUT2D eigenvalue weighted by molar-refractivity contribution is 0.480. The predicted octanol–water partition coefficient (Wildman–Crippen LogP) is 4.33. The van der Waals surface area contributed by atoms with Crippen LogP contribution in [0.15, 0.2) is 41.1 Å². The van der Waals surface area contributed by atoms with E-state index in [9.17, 15) is 0 Å². The van der Waals surface area contributed by atoms with Gasteiger partial charge in [0.15, 0.2) is 0 Å². The summed E-state index contributed by atoms with van der Waals surface area (Å²) in [6.07, 6.45) is 3.35. The van der Waals surface area contributed by atoms with E-state index in [1.165, 1.54) is 0 Å². The van der Waals surface area contributed by atoms with E-state index in [2.05, 4.69) is 26.2 Å². The predicted molar refractivity (Wildman–Crippen MR) is 73.0 cm³/mol. The molecule has 17 heavy (non-hydrogen) atoms. The summed E-state index contributed by atoms with van der Waals surface area (Å²) >= 11 is 9.41. The van der Waals surface area contributed by atoms with Crippen LogP contribution in [0, 0.1) is 0 Å².